The number of anilines is 2. The van der Waals surface area contributed by atoms with Crippen molar-refractivity contribution in [2.45, 2.75) is 45.8 Å². The Morgan fingerprint density at radius 3 is 2.87 bits per heavy atom. The molecule has 1 N–H and O–H groups in total. The third-order valence-electron chi connectivity index (χ3n) is 5.73. The van der Waals surface area contributed by atoms with Crippen LogP contribution in [-0.2, 0) is 13.1 Å². The van der Waals surface area contributed by atoms with Crippen molar-refractivity contribution in [2.75, 3.05) is 11.9 Å². The summed E-state index contributed by atoms with van der Waals surface area (Å²) < 4.78 is 2.33. The number of thiazole rings is 1. The molecule has 1 fully saturated rings. The Labute approximate surface area is 180 Å². The molecule has 0 radical (unpaired) electrons. The van der Waals surface area contributed by atoms with Crippen molar-refractivity contribution >= 4 is 33.3 Å². The molecule has 4 aromatic rings. The Hall–Kier alpha value is -2.77. The number of hydrogen-bond donors (Lipinski definition) is 1. The Balaban J connectivity index is 1.39. The fourth-order valence-corrected chi connectivity index (χ4v) is 5.03. The number of fused-ring (bicyclic) bond motifs is 1. The van der Waals surface area contributed by atoms with Crippen LogP contribution in [0.4, 0.5) is 10.9 Å². The quantitative estimate of drug-likeness (QED) is 0.461. The van der Waals surface area contributed by atoms with Crippen molar-refractivity contribution in [1.82, 2.24) is 24.4 Å². The van der Waals surface area contributed by atoms with Gasteiger partial charge in [0.15, 0.2) is 5.13 Å². The minimum atomic E-state index is 0.315. The maximum Gasteiger partial charge on any atom is 0.188 e. The van der Waals surface area contributed by atoms with Crippen LogP contribution in [0.2, 0.25) is 0 Å². The number of para-hydroxylation sites is 2. The molecule has 1 aliphatic rings. The van der Waals surface area contributed by atoms with E-state index in [0.29, 0.717) is 6.04 Å². The van der Waals surface area contributed by atoms with Crippen LogP contribution in [0.1, 0.15) is 42.2 Å². The number of nitrogens with zero attached hydrogens (tertiary/aromatic N) is 5. The van der Waals surface area contributed by atoms with Crippen molar-refractivity contribution < 1.29 is 0 Å². The van der Waals surface area contributed by atoms with E-state index >= 15 is 0 Å². The summed E-state index contributed by atoms with van der Waals surface area (Å²) in [7, 11) is 0. The number of aromatic nitrogens is 4. The van der Waals surface area contributed by atoms with E-state index in [9.17, 15) is 0 Å². The van der Waals surface area contributed by atoms with E-state index in [-0.39, 0.29) is 0 Å². The number of likely N-dealkylation sites (tertiary alicyclic amines) is 1. The molecule has 4 heterocycles. The number of benzene rings is 1. The van der Waals surface area contributed by atoms with Gasteiger partial charge in [0.1, 0.15) is 11.6 Å². The van der Waals surface area contributed by atoms with Gasteiger partial charge in [0.2, 0.25) is 0 Å². The third-order valence-corrected chi connectivity index (χ3v) is 6.55. The number of rotatable bonds is 6. The predicted molar refractivity (Wildman–Crippen MR) is 122 cm³/mol. The van der Waals surface area contributed by atoms with Gasteiger partial charge in [0.25, 0.3) is 0 Å². The summed E-state index contributed by atoms with van der Waals surface area (Å²) in [5.41, 5.74) is 3.41. The van der Waals surface area contributed by atoms with Crippen LogP contribution in [0, 0.1) is 6.92 Å². The molecule has 3 aromatic heterocycles. The van der Waals surface area contributed by atoms with Gasteiger partial charge in [-0.15, -0.1) is 11.3 Å². The number of hydrogen-bond acceptors (Lipinski definition) is 6. The lowest BCUT2D eigenvalue weighted by molar-refractivity contribution is 0.235. The zero-order chi connectivity index (χ0) is 20.5. The van der Waals surface area contributed by atoms with Crippen LogP contribution >= 0.6 is 11.3 Å². The topological polar surface area (TPSA) is 58.9 Å². The predicted octanol–water partition coefficient (Wildman–Crippen LogP) is 5.30. The molecule has 5 rings (SSSR count). The van der Waals surface area contributed by atoms with E-state index in [1.54, 1.807) is 11.3 Å². The normalized spacial score (nSPS) is 17.1. The van der Waals surface area contributed by atoms with Crippen LogP contribution in [0.15, 0.2) is 48.7 Å². The van der Waals surface area contributed by atoms with E-state index in [1.165, 1.54) is 16.8 Å². The molecule has 154 valence electrons. The smallest absolute Gasteiger partial charge is 0.188 e. The average molecular weight is 419 g/mol. The molecule has 1 aromatic carbocycles. The zero-order valence-corrected chi connectivity index (χ0v) is 18.2. The average Bonchev–Trinajstić information content (AvgIpc) is 3.47. The minimum Gasteiger partial charge on any atom is -0.327 e. The van der Waals surface area contributed by atoms with Crippen LogP contribution < -0.4 is 5.32 Å². The van der Waals surface area contributed by atoms with Gasteiger partial charge >= 0.3 is 0 Å². The summed E-state index contributed by atoms with van der Waals surface area (Å²) in [5.74, 6) is 1.99. The van der Waals surface area contributed by atoms with Gasteiger partial charge in [0, 0.05) is 17.6 Å². The summed E-state index contributed by atoms with van der Waals surface area (Å²) in [6.45, 7) is 7.10. The van der Waals surface area contributed by atoms with Gasteiger partial charge in [-0.2, -0.15) is 0 Å². The molecule has 1 aliphatic heterocycles. The van der Waals surface area contributed by atoms with Gasteiger partial charge in [-0.1, -0.05) is 18.2 Å². The Morgan fingerprint density at radius 1 is 1.13 bits per heavy atom. The SMILES string of the molecule is CCn1c(CN2CCCC2c2cccc(Nc3ncc(C)s3)n2)nc2ccccc21. The van der Waals surface area contributed by atoms with Crippen molar-refractivity contribution in [2.24, 2.45) is 0 Å². The summed E-state index contributed by atoms with van der Waals surface area (Å²) in [6.07, 6.45) is 4.19. The summed E-state index contributed by atoms with van der Waals surface area (Å²) in [4.78, 5) is 18.0. The Bertz CT molecular complexity index is 1160. The van der Waals surface area contributed by atoms with E-state index in [0.717, 1.165) is 54.0 Å². The molecule has 7 heteroatoms. The fraction of sp³-hybridized carbons (Fsp3) is 0.348. The second kappa shape index (κ2) is 8.16. The molecule has 0 amide bonds. The molecule has 6 nitrogen and oxygen atoms in total. The van der Waals surface area contributed by atoms with E-state index in [4.69, 9.17) is 9.97 Å². The minimum absolute atomic E-state index is 0.315. The number of imidazole rings is 1. The number of pyridine rings is 1. The summed E-state index contributed by atoms with van der Waals surface area (Å²) >= 11 is 1.65. The third kappa shape index (κ3) is 3.70. The van der Waals surface area contributed by atoms with Crippen LogP contribution in [0.3, 0.4) is 0 Å². The van der Waals surface area contributed by atoms with E-state index in [2.05, 4.69) is 70.0 Å². The first kappa shape index (κ1) is 19.2. The number of nitrogens with one attached hydrogen (secondary N) is 1. The van der Waals surface area contributed by atoms with Crippen molar-refractivity contribution in [3.63, 3.8) is 0 Å². The van der Waals surface area contributed by atoms with Gasteiger partial charge < -0.3 is 9.88 Å². The standard InChI is InChI=1S/C23H26N6S/c1-3-29-20-10-5-4-8-18(20)26-22(29)15-28-13-7-11-19(28)17-9-6-12-21(25-17)27-23-24-14-16(2)30-23/h4-6,8-10,12,14,19H,3,7,11,13,15H2,1-2H3,(H,24,25,27). The molecule has 1 unspecified atom stereocenters. The molecule has 0 saturated carbocycles. The first-order valence-corrected chi connectivity index (χ1v) is 11.4. The van der Waals surface area contributed by atoms with Crippen molar-refractivity contribution in [1.29, 1.82) is 0 Å². The molecule has 0 spiro atoms. The Morgan fingerprint density at radius 2 is 2.03 bits per heavy atom. The molecule has 0 bridgehead atoms. The molecular formula is C23H26N6S. The van der Waals surface area contributed by atoms with Crippen molar-refractivity contribution in [3.8, 4) is 0 Å². The van der Waals surface area contributed by atoms with E-state index in [1.807, 2.05) is 12.3 Å². The van der Waals surface area contributed by atoms with Gasteiger partial charge in [-0.3, -0.25) is 4.90 Å². The lowest BCUT2D eigenvalue weighted by Gasteiger charge is -2.24. The molecular weight excluding hydrogens is 392 g/mol. The lowest BCUT2D eigenvalue weighted by Crippen LogP contribution is -2.25. The van der Waals surface area contributed by atoms with E-state index < -0.39 is 0 Å². The summed E-state index contributed by atoms with van der Waals surface area (Å²) in [6, 6.07) is 15.0. The maximum absolute atomic E-state index is 4.93. The first-order valence-electron chi connectivity index (χ1n) is 10.6. The molecule has 0 aliphatic carbocycles. The van der Waals surface area contributed by atoms with Crippen LogP contribution in [0.25, 0.3) is 11.0 Å². The monoisotopic (exact) mass is 418 g/mol. The highest BCUT2D eigenvalue weighted by Gasteiger charge is 2.28. The van der Waals surface area contributed by atoms with Crippen LogP contribution in [-0.4, -0.2) is 31.0 Å². The van der Waals surface area contributed by atoms with Crippen molar-refractivity contribution in [3.05, 3.63) is 65.1 Å². The number of aryl methyl sites for hydroxylation is 2. The fourth-order valence-electron chi connectivity index (χ4n) is 4.36. The zero-order valence-electron chi connectivity index (χ0n) is 17.4. The van der Waals surface area contributed by atoms with Gasteiger partial charge in [0.05, 0.1) is 29.3 Å². The Kier molecular flexibility index (Phi) is 5.23. The lowest BCUT2D eigenvalue weighted by atomic mass is 10.1. The summed E-state index contributed by atoms with van der Waals surface area (Å²) in [5, 5.41) is 4.24. The second-order valence-corrected chi connectivity index (χ2v) is 8.97. The highest BCUT2D eigenvalue weighted by Crippen LogP contribution is 2.33. The van der Waals surface area contributed by atoms with Crippen LogP contribution in [0.5, 0.6) is 0 Å². The van der Waals surface area contributed by atoms with Gasteiger partial charge in [-0.25, -0.2) is 15.0 Å². The highest BCUT2D eigenvalue weighted by atomic mass is 32.1. The highest BCUT2D eigenvalue weighted by molar-refractivity contribution is 7.15. The largest absolute Gasteiger partial charge is 0.327 e. The molecule has 1 atom stereocenters. The molecule has 30 heavy (non-hydrogen) atoms. The maximum atomic E-state index is 4.93. The second-order valence-electron chi connectivity index (χ2n) is 7.74. The van der Waals surface area contributed by atoms with Gasteiger partial charge in [-0.05, 0) is 57.5 Å². The molecule has 1 saturated heterocycles. The first-order chi connectivity index (χ1) is 14.7.